The Kier molecular flexibility index (Phi) is 4.57. The van der Waals surface area contributed by atoms with Crippen LogP contribution in [0.2, 0.25) is 0 Å². The first-order valence-electron chi connectivity index (χ1n) is 7.11. The van der Waals surface area contributed by atoms with Gasteiger partial charge in [0.15, 0.2) is 0 Å². The molecule has 0 radical (unpaired) electrons. The number of benzene rings is 2. The van der Waals surface area contributed by atoms with Gasteiger partial charge in [-0.05, 0) is 35.9 Å². The fourth-order valence-electron chi connectivity index (χ4n) is 2.78. The van der Waals surface area contributed by atoms with Gasteiger partial charge in [0.05, 0.1) is 5.92 Å². The topological polar surface area (TPSA) is 26.3 Å². The zero-order valence-corrected chi connectivity index (χ0v) is 13.6. The monoisotopic (exact) mass is 378 g/mol. The van der Waals surface area contributed by atoms with Crippen LogP contribution >= 0.6 is 15.9 Å². The van der Waals surface area contributed by atoms with E-state index < -0.39 is 17.6 Å². The number of allylic oxidation sites excluding steroid dienone is 2. The summed E-state index contributed by atoms with van der Waals surface area (Å²) in [6.45, 7) is 0. The van der Waals surface area contributed by atoms with Gasteiger partial charge in [-0.3, -0.25) is 0 Å². The van der Waals surface area contributed by atoms with Gasteiger partial charge >= 0.3 is 0 Å². The first kappa shape index (κ1) is 15.9. The summed E-state index contributed by atoms with van der Waals surface area (Å²) in [5, 5.41) is 0.628. The van der Waals surface area contributed by atoms with Crippen molar-refractivity contribution in [3.05, 3.63) is 71.0 Å². The number of fused-ring (bicyclic) bond motifs is 1. The molecule has 0 fully saturated rings. The van der Waals surface area contributed by atoms with Crippen molar-refractivity contribution in [1.29, 1.82) is 0 Å². The van der Waals surface area contributed by atoms with Gasteiger partial charge in [0.1, 0.15) is 29.4 Å². The maximum absolute atomic E-state index is 13.6. The van der Waals surface area contributed by atoms with Crippen molar-refractivity contribution in [2.24, 2.45) is 0 Å². The molecule has 0 saturated heterocycles. The first-order chi connectivity index (χ1) is 11.1. The molecule has 2 aromatic rings. The Morgan fingerprint density at radius 1 is 1.13 bits per heavy atom. The Bertz CT molecular complexity index is 786. The molecule has 1 aliphatic heterocycles. The van der Waals surface area contributed by atoms with Gasteiger partial charge in [0.2, 0.25) is 0 Å². The molecule has 1 atom stereocenters. The average molecular weight is 379 g/mol. The Hall–Kier alpha value is -2.01. The minimum atomic E-state index is -0.690. The molecular formula is C18H13BrF2O2. The van der Waals surface area contributed by atoms with Crippen LogP contribution in [0.4, 0.5) is 8.78 Å². The predicted molar refractivity (Wildman–Crippen MR) is 87.6 cm³/mol. The largest absolute Gasteiger partial charge is 0.461 e. The van der Waals surface area contributed by atoms with Crippen molar-refractivity contribution in [2.45, 2.75) is 12.3 Å². The summed E-state index contributed by atoms with van der Waals surface area (Å²) >= 11 is 3.36. The molecule has 3 rings (SSSR count). The van der Waals surface area contributed by atoms with Crippen molar-refractivity contribution >= 4 is 27.8 Å². The number of carbonyl (C=O) groups is 1. The van der Waals surface area contributed by atoms with Crippen LogP contribution in [0.3, 0.4) is 0 Å². The van der Waals surface area contributed by atoms with Crippen LogP contribution in [0.5, 0.6) is 5.75 Å². The summed E-state index contributed by atoms with van der Waals surface area (Å²) in [5.41, 5.74) is 1.60. The van der Waals surface area contributed by atoms with Gasteiger partial charge in [-0.1, -0.05) is 28.1 Å². The summed E-state index contributed by atoms with van der Waals surface area (Å²) in [7, 11) is 0. The summed E-state index contributed by atoms with van der Waals surface area (Å²) < 4.78 is 33.1. The average Bonchev–Trinajstić information content (AvgIpc) is 2.54. The molecule has 0 aliphatic carbocycles. The zero-order chi connectivity index (χ0) is 16.4. The number of aldehydes is 1. The molecule has 2 aromatic carbocycles. The van der Waals surface area contributed by atoms with Gasteiger partial charge in [-0.2, -0.15) is 0 Å². The molecule has 1 heterocycles. The highest BCUT2D eigenvalue weighted by molar-refractivity contribution is 9.09. The molecule has 0 spiro atoms. The Morgan fingerprint density at radius 2 is 1.91 bits per heavy atom. The summed E-state index contributed by atoms with van der Waals surface area (Å²) in [4.78, 5) is 11.7. The lowest BCUT2D eigenvalue weighted by atomic mass is 9.84. The van der Waals surface area contributed by atoms with Gasteiger partial charge in [-0.25, -0.2) is 8.78 Å². The van der Waals surface area contributed by atoms with Crippen molar-refractivity contribution in [1.82, 2.24) is 0 Å². The molecule has 5 heteroatoms. The highest BCUT2D eigenvalue weighted by atomic mass is 79.9. The minimum absolute atomic E-state index is 0.400. The van der Waals surface area contributed by atoms with Crippen molar-refractivity contribution < 1.29 is 18.3 Å². The molecule has 0 bridgehead atoms. The number of hydrogen-bond donors (Lipinski definition) is 0. The lowest BCUT2D eigenvalue weighted by Gasteiger charge is -2.28. The maximum atomic E-state index is 13.6. The quantitative estimate of drug-likeness (QED) is 0.562. The van der Waals surface area contributed by atoms with E-state index in [0.717, 1.165) is 6.29 Å². The van der Waals surface area contributed by atoms with Crippen LogP contribution in [0.15, 0.2) is 48.2 Å². The Balaban J connectivity index is 2.20. The number of carbonyl (C=O) groups excluding carboxylic acids is 1. The van der Waals surface area contributed by atoms with Crippen LogP contribution in [-0.4, -0.2) is 11.6 Å². The van der Waals surface area contributed by atoms with E-state index in [0.29, 0.717) is 40.0 Å². The molecule has 0 aromatic heterocycles. The van der Waals surface area contributed by atoms with Crippen LogP contribution in [0.25, 0.3) is 5.57 Å². The lowest BCUT2D eigenvalue weighted by molar-refractivity contribution is -0.108. The fraction of sp³-hybridized carbons (Fsp3) is 0.167. The summed E-state index contributed by atoms with van der Waals surface area (Å²) in [6, 6.07) is 10.1. The third-order valence-electron chi connectivity index (χ3n) is 3.74. The standard InChI is InChI=1S/C18H13BrF2O2/c19-7-6-17-18(11-2-1-3-12(20)8-11)15(10-22)14-9-13(21)4-5-16(14)23-17/h1-5,8-10,15H,6-7H2. The van der Waals surface area contributed by atoms with E-state index in [-0.39, 0.29) is 0 Å². The molecule has 0 saturated carbocycles. The van der Waals surface area contributed by atoms with Gasteiger partial charge in [0.25, 0.3) is 0 Å². The Morgan fingerprint density at radius 3 is 2.61 bits per heavy atom. The first-order valence-corrected chi connectivity index (χ1v) is 8.23. The third kappa shape index (κ3) is 3.06. The molecule has 0 N–H and O–H groups in total. The maximum Gasteiger partial charge on any atom is 0.132 e. The third-order valence-corrected chi connectivity index (χ3v) is 4.14. The number of alkyl halides is 1. The van der Waals surface area contributed by atoms with E-state index in [4.69, 9.17) is 4.74 Å². The molecular weight excluding hydrogens is 366 g/mol. The van der Waals surface area contributed by atoms with Crippen LogP contribution in [0, 0.1) is 11.6 Å². The fourth-order valence-corrected chi connectivity index (χ4v) is 3.14. The van der Waals surface area contributed by atoms with Gasteiger partial charge in [0, 0.05) is 22.9 Å². The second-order valence-corrected chi connectivity index (χ2v) is 5.98. The zero-order valence-electron chi connectivity index (χ0n) is 12.1. The number of ether oxygens (including phenoxy) is 1. The van der Waals surface area contributed by atoms with Gasteiger partial charge < -0.3 is 9.53 Å². The van der Waals surface area contributed by atoms with Crippen LogP contribution in [-0.2, 0) is 4.79 Å². The Labute approximate surface area is 140 Å². The summed E-state index contributed by atoms with van der Waals surface area (Å²) in [5.74, 6) is -0.488. The molecule has 1 unspecified atom stereocenters. The second kappa shape index (κ2) is 6.62. The second-order valence-electron chi connectivity index (χ2n) is 5.18. The van der Waals surface area contributed by atoms with E-state index in [1.54, 1.807) is 12.1 Å². The minimum Gasteiger partial charge on any atom is -0.461 e. The molecule has 23 heavy (non-hydrogen) atoms. The van der Waals surface area contributed by atoms with E-state index in [9.17, 15) is 13.6 Å². The van der Waals surface area contributed by atoms with Crippen molar-refractivity contribution in [2.75, 3.05) is 5.33 Å². The van der Waals surface area contributed by atoms with E-state index in [1.807, 2.05) is 0 Å². The molecule has 118 valence electrons. The number of rotatable bonds is 4. The van der Waals surface area contributed by atoms with Gasteiger partial charge in [-0.15, -0.1) is 0 Å². The molecule has 0 amide bonds. The van der Waals surface area contributed by atoms with E-state index in [2.05, 4.69) is 15.9 Å². The van der Waals surface area contributed by atoms with E-state index >= 15 is 0 Å². The predicted octanol–water partition coefficient (Wildman–Crippen LogP) is 4.84. The molecule has 1 aliphatic rings. The lowest BCUT2D eigenvalue weighted by Crippen LogP contribution is -2.17. The SMILES string of the molecule is O=CC1C(c2cccc(F)c2)=C(CCBr)Oc2ccc(F)cc21. The highest BCUT2D eigenvalue weighted by Crippen LogP contribution is 2.44. The number of halogens is 3. The highest BCUT2D eigenvalue weighted by Gasteiger charge is 2.30. The van der Waals surface area contributed by atoms with Crippen LogP contribution < -0.4 is 4.74 Å². The van der Waals surface area contributed by atoms with Crippen LogP contribution in [0.1, 0.15) is 23.5 Å². The normalized spacial score (nSPS) is 16.7. The van der Waals surface area contributed by atoms with Crippen molar-refractivity contribution in [3.63, 3.8) is 0 Å². The van der Waals surface area contributed by atoms with E-state index in [1.165, 1.54) is 30.3 Å². The number of hydrogen-bond acceptors (Lipinski definition) is 2. The van der Waals surface area contributed by atoms with Crippen molar-refractivity contribution in [3.8, 4) is 5.75 Å². The molecule has 2 nitrogen and oxygen atoms in total. The summed E-state index contributed by atoms with van der Waals surface area (Å²) in [6.07, 6.45) is 1.28. The smallest absolute Gasteiger partial charge is 0.132 e.